The van der Waals surface area contributed by atoms with E-state index in [-0.39, 0.29) is 0 Å². The Bertz CT molecular complexity index is 431. The van der Waals surface area contributed by atoms with E-state index in [9.17, 15) is 0 Å². The molecule has 0 aliphatic rings. The van der Waals surface area contributed by atoms with E-state index in [0.29, 0.717) is 11.1 Å². The lowest BCUT2D eigenvalue weighted by atomic mass is 9.95. The van der Waals surface area contributed by atoms with Crippen LogP contribution in [0.3, 0.4) is 0 Å². The molecule has 0 spiro atoms. The Labute approximate surface area is 78.0 Å². The normalized spacial score (nSPS) is 9.00. The van der Waals surface area contributed by atoms with Crippen LogP contribution in [0, 0.1) is 43.4 Å². The molecule has 1 aromatic carbocycles. The minimum atomic E-state index is 0.661. The van der Waals surface area contributed by atoms with Crippen LogP contribution in [-0.4, -0.2) is 0 Å². The molecule has 0 amide bonds. The molecule has 2 heteroatoms. The van der Waals surface area contributed by atoms with Gasteiger partial charge in [-0.1, -0.05) is 0 Å². The first kappa shape index (κ1) is 9.29. The summed E-state index contributed by atoms with van der Waals surface area (Å²) in [6.07, 6.45) is 0. The van der Waals surface area contributed by atoms with E-state index in [4.69, 9.17) is 10.5 Å². The molecule has 1 aromatic rings. The number of aryl methyl sites for hydroxylation is 1. The topological polar surface area (TPSA) is 47.6 Å². The van der Waals surface area contributed by atoms with Crippen LogP contribution in [0.25, 0.3) is 0 Å². The van der Waals surface area contributed by atoms with Gasteiger partial charge < -0.3 is 0 Å². The summed E-state index contributed by atoms with van der Waals surface area (Å²) in [5.41, 5.74) is 4.05. The van der Waals surface area contributed by atoms with E-state index in [0.717, 1.165) is 16.7 Å². The maximum absolute atomic E-state index is 8.85. The number of benzene rings is 1. The van der Waals surface area contributed by atoms with Gasteiger partial charge in [0.1, 0.15) is 0 Å². The Morgan fingerprint density at radius 3 is 2.08 bits per heavy atom. The molecule has 0 unspecified atom stereocenters. The van der Waals surface area contributed by atoms with E-state index in [2.05, 4.69) is 12.1 Å². The van der Waals surface area contributed by atoms with Crippen LogP contribution in [0.15, 0.2) is 6.07 Å². The molecule has 64 valence electrons. The van der Waals surface area contributed by atoms with Crippen molar-refractivity contribution in [2.75, 3.05) is 0 Å². The third kappa shape index (κ3) is 1.39. The largest absolute Gasteiger partial charge is 0.192 e. The molecule has 0 atom stereocenters. The number of hydrogen-bond donors (Lipinski definition) is 0. The molecular formula is C11H10N2. The Morgan fingerprint density at radius 2 is 1.62 bits per heavy atom. The Kier molecular flexibility index (Phi) is 2.35. The summed E-state index contributed by atoms with van der Waals surface area (Å²) in [4.78, 5) is 0. The van der Waals surface area contributed by atoms with Gasteiger partial charge in [0.15, 0.2) is 0 Å². The van der Waals surface area contributed by atoms with Gasteiger partial charge in [-0.25, -0.2) is 0 Å². The second-order valence-electron chi connectivity index (χ2n) is 3.09. The first-order valence-electron chi connectivity index (χ1n) is 4.02. The highest BCUT2D eigenvalue weighted by Crippen LogP contribution is 2.20. The van der Waals surface area contributed by atoms with E-state index in [1.54, 1.807) is 6.07 Å². The molecule has 0 heterocycles. The SMILES string of the molecule is Cc1cc(C#N)c(C)c(C)c1C#N. The molecule has 0 fully saturated rings. The van der Waals surface area contributed by atoms with Gasteiger partial charge in [0.05, 0.1) is 23.3 Å². The maximum atomic E-state index is 8.85. The van der Waals surface area contributed by atoms with E-state index in [1.165, 1.54) is 0 Å². The lowest BCUT2D eigenvalue weighted by Gasteiger charge is -2.07. The molecule has 0 aliphatic heterocycles. The van der Waals surface area contributed by atoms with Crippen molar-refractivity contribution in [2.24, 2.45) is 0 Å². The van der Waals surface area contributed by atoms with Crippen LogP contribution in [0.2, 0.25) is 0 Å². The van der Waals surface area contributed by atoms with Gasteiger partial charge >= 0.3 is 0 Å². The zero-order valence-electron chi connectivity index (χ0n) is 7.97. The highest BCUT2D eigenvalue weighted by atomic mass is 14.3. The fraction of sp³-hybridized carbons (Fsp3) is 0.273. The monoisotopic (exact) mass is 170 g/mol. The highest BCUT2D eigenvalue weighted by Gasteiger charge is 2.08. The lowest BCUT2D eigenvalue weighted by molar-refractivity contribution is 1.24. The lowest BCUT2D eigenvalue weighted by Crippen LogP contribution is -1.95. The van der Waals surface area contributed by atoms with E-state index >= 15 is 0 Å². The van der Waals surface area contributed by atoms with Crippen molar-refractivity contribution in [2.45, 2.75) is 20.8 Å². The summed E-state index contributed by atoms with van der Waals surface area (Å²) in [6.45, 7) is 5.60. The zero-order valence-corrected chi connectivity index (χ0v) is 7.97. The molecule has 0 radical (unpaired) electrons. The second-order valence-corrected chi connectivity index (χ2v) is 3.09. The molecule has 0 saturated carbocycles. The molecule has 0 N–H and O–H groups in total. The predicted molar refractivity (Wildman–Crippen MR) is 50.1 cm³/mol. The number of nitriles is 2. The fourth-order valence-corrected chi connectivity index (χ4v) is 1.37. The fourth-order valence-electron chi connectivity index (χ4n) is 1.37. The first-order valence-corrected chi connectivity index (χ1v) is 4.02. The highest BCUT2D eigenvalue weighted by molar-refractivity contribution is 5.53. The summed E-state index contributed by atoms with van der Waals surface area (Å²) < 4.78 is 0. The standard InChI is InChI=1S/C11H10N2/c1-7-4-10(5-12)8(2)9(3)11(7)6-13/h4H,1-3H3. The van der Waals surface area contributed by atoms with Crippen LogP contribution < -0.4 is 0 Å². The summed E-state index contributed by atoms with van der Waals surface area (Å²) >= 11 is 0. The van der Waals surface area contributed by atoms with Gasteiger partial charge in [-0.15, -0.1) is 0 Å². The van der Waals surface area contributed by atoms with Gasteiger partial charge in [-0.3, -0.25) is 0 Å². The molecule has 0 bridgehead atoms. The van der Waals surface area contributed by atoms with Crippen molar-refractivity contribution in [3.8, 4) is 12.1 Å². The van der Waals surface area contributed by atoms with E-state index in [1.807, 2.05) is 20.8 Å². The summed E-state index contributed by atoms with van der Waals surface area (Å²) in [7, 11) is 0. The smallest absolute Gasteiger partial charge is 0.0997 e. The van der Waals surface area contributed by atoms with Crippen molar-refractivity contribution in [3.05, 3.63) is 33.9 Å². The maximum Gasteiger partial charge on any atom is 0.0997 e. The number of nitrogens with zero attached hydrogens (tertiary/aromatic N) is 2. The van der Waals surface area contributed by atoms with Crippen molar-refractivity contribution < 1.29 is 0 Å². The van der Waals surface area contributed by atoms with Crippen LogP contribution in [0.5, 0.6) is 0 Å². The van der Waals surface area contributed by atoms with Crippen LogP contribution in [0.4, 0.5) is 0 Å². The quantitative estimate of drug-likeness (QED) is 0.600. The molecule has 0 saturated heterocycles. The van der Waals surface area contributed by atoms with Gasteiger partial charge in [0.25, 0.3) is 0 Å². The number of hydrogen-bond acceptors (Lipinski definition) is 2. The van der Waals surface area contributed by atoms with Crippen LogP contribution in [0.1, 0.15) is 27.8 Å². The number of rotatable bonds is 0. The molecule has 2 nitrogen and oxygen atoms in total. The molecule has 0 aliphatic carbocycles. The Balaban J connectivity index is 3.60. The van der Waals surface area contributed by atoms with E-state index < -0.39 is 0 Å². The summed E-state index contributed by atoms with van der Waals surface area (Å²) in [5, 5.41) is 17.7. The Hall–Kier alpha value is -1.80. The van der Waals surface area contributed by atoms with Crippen molar-refractivity contribution in [1.29, 1.82) is 10.5 Å². The second kappa shape index (κ2) is 3.29. The molecular weight excluding hydrogens is 160 g/mol. The van der Waals surface area contributed by atoms with Gasteiger partial charge in [-0.2, -0.15) is 10.5 Å². The van der Waals surface area contributed by atoms with Crippen LogP contribution in [-0.2, 0) is 0 Å². The zero-order chi connectivity index (χ0) is 10.0. The third-order valence-corrected chi connectivity index (χ3v) is 2.33. The predicted octanol–water partition coefficient (Wildman–Crippen LogP) is 2.36. The van der Waals surface area contributed by atoms with Gasteiger partial charge in [0.2, 0.25) is 0 Å². The van der Waals surface area contributed by atoms with Crippen LogP contribution >= 0.6 is 0 Å². The molecule has 1 rings (SSSR count). The average Bonchev–Trinajstić information content (AvgIpc) is 2.12. The summed E-state index contributed by atoms with van der Waals surface area (Å²) in [5.74, 6) is 0. The van der Waals surface area contributed by atoms with Crippen molar-refractivity contribution in [3.63, 3.8) is 0 Å². The first-order chi connectivity index (χ1) is 6.11. The summed E-state index contributed by atoms with van der Waals surface area (Å²) in [6, 6.07) is 6.03. The minimum absolute atomic E-state index is 0.661. The Morgan fingerprint density at radius 1 is 1.00 bits per heavy atom. The van der Waals surface area contributed by atoms with Gasteiger partial charge in [0, 0.05) is 0 Å². The third-order valence-electron chi connectivity index (χ3n) is 2.33. The minimum Gasteiger partial charge on any atom is -0.192 e. The molecule has 13 heavy (non-hydrogen) atoms. The van der Waals surface area contributed by atoms with Crippen molar-refractivity contribution in [1.82, 2.24) is 0 Å². The average molecular weight is 170 g/mol. The molecule has 0 aromatic heterocycles. The van der Waals surface area contributed by atoms with Gasteiger partial charge in [-0.05, 0) is 43.5 Å². The van der Waals surface area contributed by atoms with Crippen molar-refractivity contribution >= 4 is 0 Å².